The predicted octanol–water partition coefficient (Wildman–Crippen LogP) is 1.45. The van der Waals surface area contributed by atoms with Crippen LogP contribution in [-0.2, 0) is 4.79 Å². The van der Waals surface area contributed by atoms with E-state index in [9.17, 15) is 20.0 Å². The fourth-order valence-electron chi connectivity index (χ4n) is 2.56. The highest BCUT2D eigenvalue weighted by atomic mass is 16.6. The zero-order valence-electron chi connectivity index (χ0n) is 11.5. The summed E-state index contributed by atoms with van der Waals surface area (Å²) in [6.07, 6.45) is 4.03. The van der Waals surface area contributed by atoms with Crippen molar-refractivity contribution in [1.29, 1.82) is 0 Å². The Morgan fingerprint density at radius 3 is 2.81 bits per heavy atom. The van der Waals surface area contributed by atoms with Crippen LogP contribution in [0, 0.1) is 16.0 Å². The SMILES string of the molecule is COc1ncnc(NC2CCCCC2C(=O)O)c1[N+](=O)[O-]. The van der Waals surface area contributed by atoms with E-state index in [-0.39, 0.29) is 17.4 Å². The molecule has 1 aromatic heterocycles. The van der Waals surface area contributed by atoms with Gasteiger partial charge in [0.2, 0.25) is 5.82 Å². The van der Waals surface area contributed by atoms with Crippen LogP contribution in [0.25, 0.3) is 0 Å². The van der Waals surface area contributed by atoms with Gasteiger partial charge in [-0.1, -0.05) is 12.8 Å². The van der Waals surface area contributed by atoms with Gasteiger partial charge < -0.3 is 15.2 Å². The molecule has 2 rings (SSSR count). The molecule has 0 amide bonds. The van der Waals surface area contributed by atoms with E-state index < -0.39 is 22.9 Å². The van der Waals surface area contributed by atoms with E-state index in [1.54, 1.807) is 0 Å². The number of hydrogen-bond acceptors (Lipinski definition) is 7. The largest absolute Gasteiger partial charge is 0.481 e. The van der Waals surface area contributed by atoms with Gasteiger partial charge in [-0.05, 0) is 12.8 Å². The molecule has 0 saturated heterocycles. The molecule has 0 radical (unpaired) electrons. The maximum atomic E-state index is 11.3. The van der Waals surface area contributed by atoms with Crippen LogP contribution >= 0.6 is 0 Å². The molecular formula is C12H16N4O5. The summed E-state index contributed by atoms with van der Waals surface area (Å²) in [5.41, 5.74) is -0.380. The summed E-state index contributed by atoms with van der Waals surface area (Å²) >= 11 is 0. The van der Waals surface area contributed by atoms with Gasteiger partial charge in [0.1, 0.15) is 6.33 Å². The van der Waals surface area contributed by atoms with Gasteiger partial charge in [-0.15, -0.1) is 0 Å². The topological polar surface area (TPSA) is 127 Å². The summed E-state index contributed by atoms with van der Waals surface area (Å²) in [5, 5.41) is 23.3. The third kappa shape index (κ3) is 3.18. The Balaban J connectivity index is 2.29. The molecule has 1 aromatic rings. The van der Waals surface area contributed by atoms with Gasteiger partial charge in [0.25, 0.3) is 5.88 Å². The molecule has 2 unspecified atom stereocenters. The van der Waals surface area contributed by atoms with Crippen molar-refractivity contribution in [2.45, 2.75) is 31.7 Å². The minimum absolute atomic E-state index is 0.00926. The average Bonchev–Trinajstić information content (AvgIpc) is 2.47. The monoisotopic (exact) mass is 296 g/mol. The van der Waals surface area contributed by atoms with Gasteiger partial charge in [0.15, 0.2) is 0 Å². The van der Waals surface area contributed by atoms with Crippen molar-refractivity contribution in [2.24, 2.45) is 5.92 Å². The van der Waals surface area contributed by atoms with Crippen molar-refractivity contribution in [3.05, 3.63) is 16.4 Å². The number of aromatic nitrogens is 2. The summed E-state index contributed by atoms with van der Waals surface area (Å²) in [5.74, 6) is -1.65. The van der Waals surface area contributed by atoms with Crippen molar-refractivity contribution < 1.29 is 19.6 Å². The maximum absolute atomic E-state index is 11.3. The Morgan fingerprint density at radius 2 is 2.19 bits per heavy atom. The number of carboxylic acid groups (broad SMARTS) is 1. The fourth-order valence-corrected chi connectivity index (χ4v) is 2.56. The highest BCUT2D eigenvalue weighted by Crippen LogP contribution is 2.34. The van der Waals surface area contributed by atoms with E-state index in [0.29, 0.717) is 12.8 Å². The zero-order valence-corrected chi connectivity index (χ0v) is 11.5. The van der Waals surface area contributed by atoms with Crippen LogP contribution in [0.5, 0.6) is 5.88 Å². The average molecular weight is 296 g/mol. The lowest BCUT2D eigenvalue weighted by atomic mass is 9.84. The van der Waals surface area contributed by atoms with Crippen LogP contribution in [0.3, 0.4) is 0 Å². The number of nitro groups is 1. The lowest BCUT2D eigenvalue weighted by molar-refractivity contribution is -0.385. The Morgan fingerprint density at radius 1 is 1.48 bits per heavy atom. The number of hydrogen-bond donors (Lipinski definition) is 2. The van der Waals surface area contributed by atoms with Crippen LogP contribution in [0.2, 0.25) is 0 Å². The van der Waals surface area contributed by atoms with Crippen molar-refractivity contribution in [3.8, 4) is 5.88 Å². The molecule has 1 fully saturated rings. The highest BCUT2D eigenvalue weighted by Gasteiger charge is 2.33. The summed E-state index contributed by atoms with van der Waals surface area (Å²) in [6.45, 7) is 0. The smallest absolute Gasteiger partial charge is 0.372 e. The summed E-state index contributed by atoms with van der Waals surface area (Å²) in [6, 6.07) is -0.394. The van der Waals surface area contributed by atoms with Crippen LogP contribution in [0.4, 0.5) is 11.5 Å². The fraction of sp³-hybridized carbons (Fsp3) is 0.583. The molecule has 1 aliphatic carbocycles. The second-order valence-corrected chi connectivity index (χ2v) is 4.82. The molecular weight excluding hydrogens is 280 g/mol. The molecule has 2 N–H and O–H groups in total. The number of anilines is 1. The molecule has 0 spiro atoms. The molecule has 9 heteroatoms. The molecule has 0 aromatic carbocycles. The number of carboxylic acids is 1. The van der Waals surface area contributed by atoms with Crippen LogP contribution < -0.4 is 10.1 Å². The summed E-state index contributed by atoms with van der Waals surface area (Å²) in [7, 11) is 1.28. The Labute approximate surface area is 120 Å². The van der Waals surface area contributed by atoms with E-state index in [2.05, 4.69) is 15.3 Å². The molecule has 21 heavy (non-hydrogen) atoms. The second kappa shape index (κ2) is 6.33. The van der Waals surface area contributed by atoms with Crippen LogP contribution in [0.1, 0.15) is 25.7 Å². The number of aliphatic carboxylic acids is 1. The predicted molar refractivity (Wildman–Crippen MR) is 72.2 cm³/mol. The van der Waals surface area contributed by atoms with Gasteiger partial charge in [-0.2, -0.15) is 4.98 Å². The third-order valence-corrected chi connectivity index (χ3v) is 3.57. The van der Waals surface area contributed by atoms with E-state index in [4.69, 9.17) is 4.74 Å². The lowest BCUT2D eigenvalue weighted by Gasteiger charge is -2.29. The van der Waals surface area contributed by atoms with E-state index in [1.807, 2.05) is 0 Å². The van der Waals surface area contributed by atoms with Crippen molar-refractivity contribution in [3.63, 3.8) is 0 Å². The van der Waals surface area contributed by atoms with Crippen molar-refractivity contribution >= 4 is 17.5 Å². The first kappa shape index (κ1) is 14.9. The molecule has 114 valence electrons. The highest BCUT2D eigenvalue weighted by molar-refractivity contribution is 5.72. The summed E-state index contributed by atoms with van der Waals surface area (Å²) in [4.78, 5) is 29.3. The van der Waals surface area contributed by atoms with Crippen LogP contribution in [0.15, 0.2) is 6.33 Å². The van der Waals surface area contributed by atoms with Gasteiger partial charge in [0, 0.05) is 6.04 Å². The number of rotatable bonds is 5. The van der Waals surface area contributed by atoms with Gasteiger partial charge in [0.05, 0.1) is 18.0 Å². The lowest BCUT2D eigenvalue weighted by Crippen LogP contribution is -2.37. The first-order chi connectivity index (χ1) is 10.0. The van der Waals surface area contributed by atoms with E-state index in [0.717, 1.165) is 19.2 Å². The van der Waals surface area contributed by atoms with Crippen molar-refractivity contribution in [2.75, 3.05) is 12.4 Å². The van der Waals surface area contributed by atoms with E-state index >= 15 is 0 Å². The first-order valence-corrected chi connectivity index (χ1v) is 6.57. The first-order valence-electron chi connectivity index (χ1n) is 6.57. The van der Waals surface area contributed by atoms with Gasteiger partial charge in [-0.25, -0.2) is 4.98 Å². The summed E-state index contributed by atoms with van der Waals surface area (Å²) < 4.78 is 4.86. The molecule has 9 nitrogen and oxygen atoms in total. The van der Waals surface area contributed by atoms with Gasteiger partial charge in [-0.3, -0.25) is 14.9 Å². The van der Waals surface area contributed by atoms with E-state index in [1.165, 1.54) is 7.11 Å². The maximum Gasteiger partial charge on any atom is 0.372 e. The number of nitrogens with one attached hydrogen (secondary N) is 1. The number of nitrogens with zero attached hydrogens (tertiary/aromatic N) is 3. The molecule has 0 aliphatic heterocycles. The normalized spacial score (nSPS) is 21.6. The standard InChI is InChI=1S/C12H16N4O5/c1-21-11-9(16(19)20)10(13-6-14-11)15-8-5-3-2-4-7(8)12(17)18/h6-8H,2-5H2,1H3,(H,17,18)(H,13,14,15). The van der Waals surface area contributed by atoms with Crippen LogP contribution in [-0.4, -0.2) is 39.1 Å². The minimum atomic E-state index is -0.907. The molecule has 0 bridgehead atoms. The van der Waals surface area contributed by atoms with Gasteiger partial charge >= 0.3 is 11.7 Å². The quantitative estimate of drug-likeness (QED) is 0.617. The second-order valence-electron chi connectivity index (χ2n) is 4.82. The Kier molecular flexibility index (Phi) is 4.51. The van der Waals surface area contributed by atoms with Crippen molar-refractivity contribution in [1.82, 2.24) is 9.97 Å². The molecule has 2 atom stereocenters. The number of carbonyl (C=O) groups is 1. The Bertz CT molecular complexity index is 550. The Hall–Kier alpha value is -2.45. The molecule has 1 saturated carbocycles. The third-order valence-electron chi connectivity index (χ3n) is 3.57. The number of methoxy groups -OCH3 is 1. The minimum Gasteiger partial charge on any atom is -0.481 e. The number of ether oxygens (including phenoxy) is 1. The zero-order chi connectivity index (χ0) is 15.4. The molecule has 1 aliphatic rings. The molecule has 1 heterocycles.